The van der Waals surface area contributed by atoms with E-state index < -0.39 is 0 Å². The third-order valence-corrected chi connectivity index (χ3v) is 1.05. The third kappa shape index (κ3) is 9.33. The Morgan fingerprint density at radius 2 is 1.38 bits per heavy atom. The number of rotatable bonds is 2. The van der Waals surface area contributed by atoms with Crippen molar-refractivity contribution in [2.45, 2.75) is 32.7 Å². The van der Waals surface area contributed by atoms with E-state index >= 15 is 0 Å². The van der Waals surface area contributed by atoms with Crippen LogP contribution in [0.4, 0.5) is 0 Å². The normalized spacial score (nSPS) is 8.25. The molecular weight excluding hydrogens is 100 g/mol. The molecule has 8 heavy (non-hydrogen) atoms. The van der Waals surface area contributed by atoms with Crippen LogP contribution in [0.5, 0.6) is 0 Å². The topological polar surface area (TPSA) is 52.0 Å². The molecule has 0 saturated heterocycles. The smallest absolute Gasteiger partial charge is 0.00335 e. The van der Waals surface area contributed by atoms with Gasteiger partial charge in [-0.3, -0.25) is 0 Å². The van der Waals surface area contributed by atoms with Crippen LogP contribution in [0, 0.1) is 0 Å². The summed E-state index contributed by atoms with van der Waals surface area (Å²) in [6.45, 7) is 4.21. The fraction of sp³-hybridized carbons (Fsp3) is 1.00. The lowest BCUT2D eigenvalue weighted by molar-refractivity contribution is 0.629. The molecule has 0 unspecified atom stereocenters. The zero-order chi connectivity index (χ0) is 6.99. The average Bonchev–Trinajstić information content (AvgIpc) is 1.91. The van der Waals surface area contributed by atoms with Gasteiger partial charge in [0.2, 0.25) is 0 Å². The first-order valence-corrected chi connectivity index (χ1v) is 3.14. The molecule has 0 heterocycles. The second kappa shape index (κ2) is 10.0. The maximum Gasteiger partial charge on any atom is 0.00335 e. The van der Waals surface area contributed by atoms with E-state index in [-0.39, 0.29) is 0 Å². The Hall–Kier alpha value is -0.0800. The summed E-state index contributed by atoms with van der Waals surface area (Å²) in [4.78, 5) is 0. The van der Waals surface area contributed by atoms with E-state index in [0.29, 0.717) is 6.04 Å². The molecule has 0 aliphatic carbocycles. The first-order chi connectivity index (χ1) is 3.81. The van der Waals surface area contributed by atoms with Crippen LogP contribution >= 0.6 is 0 Å². The largest absolute Gasteiger partial charge is 0.333 e. The molecule has 0 aromatic carbocycles. The van der Waals surface area contributed by atoms with Crippen molar-refractivity contribution in [1.29, 1.82) is 0 Å². The maximum atomic E-state index is 5.47. The molecule has 2 nitrogen and oxygen atoms in total. The Morgan fingerprint density at radius 1 is 1.12 bits per heavy atom. The Kier molecular flexibility index (Phi) is 13.6. The van der Waals surface area contributed by atoms with Crippen LogP contribution in [0.15, 0.2) is 0 Å². The predicted molar refractivity (Wildman–Crippen MR) is 38.7 cm³/mol. The van der Waals surface area contributed by atoms with Gasteiger partial charge in [0, 0.05) is 6.04 Å². The van der Waals surface area contributed by atoms with Crippen LogP contribution in [-0.4, -0.2) is 13.1 Å². The van der Waals surface area contributed by atoms with Crippen LogP contribution in [0.3, 0.4) is 0 Å². The quantitative estimate of drug-likeness (QED) is 0.561. The minimum absolute atomic E-state index is 0.435. The molecule has 0 amide bonds. The van der Waals surface area contributed by atoms with Crippen molar-refractivity contribution in [3.05, 3.63) is 0 Å². The number of hydrogen-bond acceptors (Lipinski definition) is 2. The highest BCUT2D eigenvalue weighted by Crippen LogP contribution is 1.88. The second-order valence-corrected chi connectivity index (χ2v) is 1.58. The first-order valence-electron chi connectivity index (χ1n) is 3.14. The van der Waals surface area contributed by atoms with E-state index in [1.807, 2.05) is 0 Å². The molecule has 0 fully saturated rings. The number of hydrogen-bond donors (Lipinski definition) is 2. The zero-order valence-corrected chi connectivity index (χ0v) is 6.15. The van der Waals surface area contributed by atoms with Crippen molar-refractivity contribution < 1.29 is 0 Å². The molecule has 0 saturated carbocycles. The van der Waals surface area contributed by atoms with Gasteiger partial charge in [0.15, 0.2) is 0 Å². The van der Waals surface area contributed by atoms with Gasteiger partial charge in [-0.15, -0.1) is 0 Å². The maximum absolute atomic E-state index is 5.47. The van der Waals surface area contributed by atoms with E-state index in [2.05, 4.69) is 19.6 Å². The van der Waals surface area contributed by atoms with Crippen molar-refractivity contribution in [3.63, 3.8) is 0 Å². The van der Waals surface area contributed by atoms with Gasteiger partial charge in [-0.2, -0.15) is 0 Å². The fourth-order valence-electron chi connectivity index (χ4n) is 0.289. The van der Waals surface area contributed by atoms with Gasteiger partial charge in [-0.1, -0.05) is 13.8 Å². The van der Waals surface area contributed by atoms with E-state index in [9.17, 15) is 0 Å². The van der Waals surface area contributed by atoms with Gasteiger partial charge in [0.25, 0.3) is 0 Å². The molecule has 0 aromatic rings. The van der Waals surface area contributed by atoms with E-state index in [1.165, 1.54) is 7.05 Å². The highest BCUT2D eigenvalue weighted by atomic mass is 14.6. The van der Waals surface area contributed by atoms with Crippen molar-refractivity contribution in [1.82, 2.24) is 0 Å². The van der Waals surface area contributed by atoms with Gasteiger partial charge >= 0.3 is 0 Å². The zero-order valence-electron chi connectivity index (χ0n) is 6.15. The van der Waals surface area contributed by atoms with Gasteiger partial charge in [-0.25, -0.2) is 0 Å². The monoisotopic (exact) mass is 118 g/mol. The fourth-order valence-corrected chi connectivity index (χ4v) is 0.289. The van der Waals surface area contributed by atoms with Crippen LogP contribution in [0.2, 0.25) is 0 Å². The summed E-state index contributed by atoms with van der Waals surface area (Å²) in [5, 5.41) is 0. The predicted octanol–water partition coefficient (Wildman–Crippen LogP) is 0.709. The molecule has 0 atom stereocenters. The van der Waals surface area contributed by atoms with Crippen molar-refractivity contribution in [2.75, 3.05) is 7.05 Å². The summed E-state index contributed by atoms with van der Waals surface area (Å²) in [5.74, 6) is 0. The standard InChI is InChI=1S/C5H13N.CH5N/c1-3-5(6)4-2;1-2/h5H,3-4,6H2,1-2H3;2H2,1H3. The second-order valence-electron chi connectivity index (χ2n) is 1.58. The van der Waals surface area contributed by atoms with Gasteiger partial charge in [0.05, 0.1) is 0 Å². The molecule has 4 N–H and O–H groups in total. The van der Waals surface area contributed by atoms with Crippen molar-refractivity contribution in [3.8, 4) is 0 Å². The Morgan fingerprint density at radius 3 is 1.38 bits per heavy atom. The lowest BCUT2D eigenvalue weighted by Crippen LogP contribution is -2.16. The summed E-state index contributed by atoms with van der Waals surface area (Å²) in [6, 6.07) is 0.435. The summed E-state index contributed by atoms with van der Waals surface area (Å²) >= 11 is 0. The third-order valence-electron chi connectivity index (χ3n) is 1.05. The summed E-state index contributed by atoms with van der Waals surface area (Å²) in [6.07, 6.45) is 2.22. The van der Waals surface area contributed by atoms with Crippen LogP contribution in [-0.2, 0) is 0 Å². The van der Waals surface area contributed by atoms with E-state index in [0.717, 1.165) is 12.8 Å². The van der Waals surface area contributed by atoms with E-state index in [1.54, 1.807) is 0 Å². The van der Waals surface area contributed by atoms with Crippen molar-refractivity contribution in [2.24, 2.45) is 11.5 Å². The van der Waals surface area contributed by atoms with Gasteiger partial charge in [0.1, 0.15) is 0 Å². The van der Waals surface area contributed by atoms with Crippen LogP contribution in [0.1, 0.15) is 26.7 Å². The highest BCUT2D eigenvalue weighted by molar-refractivity contribution is 4.51. The molecule has 0 aliphatic rings. The molecule has 0 rings (SSSR count). The molecular formula is C6H18N2. The Labute approximate surface area is 52.2 Å². The molecule has 0 bridgehead atoms. The lowest BCUT2D eigenvalue weighted by atomic mass is 10.2. The molecule has 52 valence electrons. The SMILES string of the molecule is CCC(N)CC.CN. The Bertz CT molecular complexity index is 25.7. The average molecular weight is 118 g/mol. The van der Waals surface area contributed by atoms with Gasteiger partial charge in [-0.05, 0) is 19.9 Å². The summed E-state index contributed by atoms with van der Waals surface area (Å²) in [5.41, 5.74) is 9.97. The minimum Gasteiger partial charge on any atom is -0.333 e. The molecule has 0 aromatic heterocycles. The lowest BCUT2D eigenvalue weighted by Gasteiger charge is -1.99. The van der Waals surface area contributed by atoms with Gasteiger partial charge < -0.3 is 11.5 Å². The summed E-state index contributed by atoms with van der Waals surface area (Å²) in [7, 11) is 1.50. The van der Waals surface area contributed by atoms with E-state index in [4.69, 9.17) is 5.73 Å². The highest BCUT2D eigenvalue weighted by Gasteiger charge is 1.88. The molecule has 0 aliphatic heterocycles. The van der Waals surface area contributed by atoms with Crippen LogP contribution < -0.4 is 11.5 Å². The molecule has 2 heteroatoms. The first kappa shape index (κ1) is 10.8. The molecule has 0 radical (unpaired) electrons. The van der Waals surface area contributed by atoms with Crippen LogP contribution in [0.25, 0.3) is 0 Å². The molecule has 0 spiro atoms. The van der Waals surface area contributed by atoms with Crippen molar-refractivity contribution >= 4 is 0 Å². The number of nitrogens with two attached hydrogens (primary N) is 2. The Balaban J connectivity index is 0. The summed E-state index contributed by atoms with van der Waals surface area (Å²) < 4.78 is 0. The minimum atomic E-state index is 0.435.